The van der Waals surface area contributed by atoms with Crippen LogP contribution in [0.25, 0.3) is 0 Å². The highest BCUT2D eigenvalue weighted by Gasteiger charge is 2.37. The second kappa shape index (κ2) is 13.0. The molecule has 0 unspecified atom stereocenters. The Morgan fingerprint density at radius 3 is 2.29 bits per heavy atom. The Balaban J connectivity index is 1.33. The molecule has 3 aromatic rings. The largest absolute Gasteiger partial charge is 0.470 e. The molecule has 1 aliphatic heterocycles. The van der Waals surface area contributed by atoms with E-state index in [9.17, 15) is 31.1 Å². The van der Waals surface area contributed by atoms with Crippen LogP contribution in [0.3, 0.4) is 0 Å². The summed E-state index contributed by atoms with van der Waals surface area (Å²) in [7, 11) is 3.95. The molecule has 0 saturated carbocycles. The first kappa shape index (κ1) is 31.1. The fourth-order valence-corrected chi connectivity index (χ4v) is 4.55. The summed E-state index contributed by atoms with van der Waals surface area (Å²) in [5.74, 6) is 1.50. The van der Waals surface area contributed by atoms with E-state index in [2.05, 4.69) is 24.4 Å². The van der Waals surface area contributed by atoms with Crippen LogP contribution in [0.1, 0.15) is 16.7 Å². The van der Waals surface area contributed by atoms with Crippen LogP contribution in [0.4, 0.5) is 48.5 Å². The van der Waals surface area contributed by atoms with Crippen LogP contribution in [0.5, 0.6) is 5.88 Å². The standard InChI is InChI=1S/C25H28F6N8O2S/c1-37(2)6-5-33-20-11-16(3-4-32-20)15-41-22-21(35-42-36-22)38-7-9-39(10-8-38)23(40)34-19-13-17(24(26,27)28)12-18(14-19)25(29,30)31/h3-4,11-14H,5-10,15H2,1-2H3,(H,32,33)(H,34,40). The average Bonchev–Trinajstić information content (AvgIpc) is 3.39. The smallest absolute Gasteiger partial charge is 0.416 e. The maximum atomic E-state index is 13.2. The van der Waals surface area contributed by atoms with Crippen LogP contribution in [-0.4, -0.2) is 82.9 Å². The van der Waals surface area contributed by atoms with E-state index in [0.717, 1.165) is 30.4 Å². The predicted octanol–water partition coefficient (Wildman–Crippen LogP) is 4.88. The molecule has 0 spiro atoms. The molecule has 1 saturated heterocycles. The number of urea groups is 1. The monoisotopic (exact) mass is 618 g/mol. The molecule has 10 nitrogen and oxygen atoms in total. The number of benzene rings is 1. The molecule has 2 N–H and O–H groups in total. The molecule has 0 bridgehead atoms. The van der Waals surface area contributed by atoms with Crippen LogP contribution >= 0.6 is 11.7 Å². The van der Waals surface area contributed by atoms with E-state index >= 15 is 0 Å². The zero-order valence-corrected chi connectivity index (χ0v) is 23.4. The van der Waals surface area contributed by atoms with Gasteiger partial charge in [-0.05, 0) is 50.0 Å². The molecule has 3 heterocycles. The highest BCUT2D eigenvalue weighted by molar-refractivity contribution is 6.99. The SMILES string of the molecule is CN(C)CCNc1cc(COc2nsnc2N2CCN(C(=O)Nc3cc(C(F)(F)F)cc(C(F)(F)F)c3)CC2)ccn1. The molecular weight excluding hydrogens is 590 g/mol. The van der Waals surface area contributed by atoms with Gasteiger partial charge in [0.2, 0.25) is 5.82 Å². The summed E-state index contributed by atoms with van der Waals surface area (Å²) in [6.07, 6.45) is -8.36. The van der Waals surface area contributed by atoms with E-state index in [1.165, 1.54) is 4.90 Å². The maximum absolute atomic E-state index is 13.2. The van der Waals surface area contributed by atoms with Crippen LogP contribution in [-0.2, 0) is 19.0 Å². The van der Waals surface area contributed by atoms with Gasteiger partial charge in [-0.15, -0.1) is 4.37 Å². The van der Waals surface area contributed by atoms with Crippen molar-refractivity contribution in [2.24, 2.45) is 0 Å². The van der Waals surface area contributed by atoms with Crippen molar-refractivity contribution in [1.82, 2.24) is 23.5 Å². The number of alkyl halides is 6. The third kappa shape index (κ3) is 8.34. The van der Waals surface area contributed by atoms with Crippen molar-refractivity contribution < 1.29 is 35.9 Å². The molecule has 1 fully saturated rings. The van der Waals surface area contributed by atoms with Gasteiger partial charge in [0.25, 0.3) is 5.88 Å². The van der Waals surface area contributed by atoms with E-state index < -0.39 is 35.2 Å². The number of nitrogens with zero attached hydrogens (tertiary/aromatic N) is 6. The lowest BCUT2D eigenvalue weighted by Crippen LogP contribution is -2.50. The molecule has 2 aromatic heterocycles. The third-order valence-corrected chi connectivity index (χ3v) is 6.71. The van der Waals surface area contributed by atoms with Crippen molar-refractivity contribution >= 4 is 35.1 Å². The molecule has 1 aromatic carbocycles. The molecule has 228 valence electrons. The van der Waals surface area contributed by atoms with Crippen molar-refractivity contribution in [1.29, 1.82) is 0 Å². The van der Waals surface area contributed by atoms with E-state index in [1.807, 2.05) is 36.0 Å². The fourth-order valence-electron chi connectivity index (χ4n) is 4.03. The maximum Gasteiger partial charge on any atom is 0.416 e. The molecule has 2 amide bonds. The number of ether oxygens (including phenoxy) is 1. The van der Waals surface area contributed by atoms with Crippen LogP contribution in [0.15, 0.2) is 36.5 Å². The zero-order valence-electron chi connectivity index (χ0n) is 22.6. The molecule has 17 heteroatoms. The van der Waals surface area contributed by atoms with Gasteiger partial charge in [0.1, 0.15) is 12.4 Å². The molecular formula is C25H28F6N8O2S. The summed E-state index contributed by atoms with van der Waals surface area (Å²) in [4.78, 5) is 22.2. The summed E-state index contributed by atoms with van der Waals surface area (Å²) >= 11 is 0.955. The van der Waals surface area contributed by atoms with Crippen molar-refractivity contribution in [3.05, 3.63) is 53.2 Å². The Labute approximate surface area is 241 Å². The number of carbonyl (C=O) groups excluding carboxylic acids is 1. The van der Waals surface area contributed by atoms with Crippen molar-refractivity contribution in [3.63, 3.8) is 0 Å². The van der Waals surface area contributed by atoms with E-state index in [-0.39, 0.29) is 25.8 Å². The first-order valence-electron chi connectivity index (χ1n) is 12.7. The van der Waals surface area contributed by atoms with Gasteiger partial charge in [-0.25, -0.2) is 9.78 Å². The summed E-state index contributed by atoms with van der Waals surface area (Å²) in [6.45, 7) is 2.64. The third-order valence-electron chi connectivity index (χ3n) is 6.21. The van der Waals surface area contributed by atoms with E-state index in [0.29, 0.717) is 42.7 Å². The number of halogens is 6. The van der Waals surface area contributed by atoms with Gasteiger partial charge in [-0.3, -0.25) is 0 Å². The average molecular weight is 619 g/mol. The fraction of sp³-hybridized carbons (Fsp3) is 0.440. The van der Waals surface area contributed by atoms with Gasteiger partial charge < -0.3 is 30.1 Å². The van der Waals surface area contributed by atoms with Crippen LogP contribution < -0.4 is 20.3 Å². The summed E-state index contributed by atoms with van der Waals surface area (Å²) in [5.41, 5.74) is -2.76. The van der Waals surface area contributed by atoms with E-state index in [4.69, 9.17) is 4.74 Å². The number of hydrogen-bond donors (Lipinski definition) is 2. The number of anilines is 3. The topological polar surface area (TPSA) is 98.8 Å². The Bertz CT molecular complexity index is 1330. The predicted molar refractivity (Wildman–Crippen MR) is 145 cm³/mol. The second-order valence-electron chi connectivity index (χ2n) is 9.66. The molecule has 42 heavy (non-hydrogen) atoms. The lowest BCUT2D eigenvalue weighted by molar-refractivity contribution is -0.143. The number of pyridine rings is 1. The number of aromatic nitrogens is 3. The number of likely N-dealkylation sites (N-methyl/N-ethyl adjacent to an activating group) is 1. The molecule has 0 atom stereocenters. The first-order valence-corrected chi connectivity index (χ1v) is 13.4. The quantitative estimate of drug-likeness (QED) is 0.328. The highest BCUT2D eigenvalue weighted by Crippen LogP contribution is 2.37. The summed E-state index contributed by atoms with van der Waals surface area (Å²) in [6, 6.07) is 3.82. The van der Waals surface area contributed by atoms with Crippen molar-refractivity contribution in [2.75, 3.05) is 68.9 Å². The van der Waals surface area contributed by atoms with Crippen LogP contribution in [0.2, 0.25) is 0 Å². The lowest BCUT2D eigenvalue weighted by Gasteiger charge is -2.34. The summed E-state index contributed by atoms with van der Waals surface area (Å²) in [5, 5.41) is 5.40. The van der Waals surface area contributed by atoms with Gasteiger partial charge in [0.15, 0.2) is 0 Å². The van der Waals surface area contributed by atoms with Crippen molar-refractivity contribution in [2.45, 2.75) is 19.0 Å². The highest BCUT2D eigenvalue weighted by atomic mass is 32.1. The normalized spacial score (nSPS) is 14.3. The number of piperazine rings is 1. The zero-order chi connectivity index (χ0) is 30.5. The number of amides is 2. The van der Waals surface area contributed by atoms with Gasteiger partial charge in [-0.2, -0.15) is 30.7 Å². The van der Waals surface area contributed by atoms with Gasteiger partial charge in [0.05, 0.1) is 22.9 Å². The molecule has 0 aliphatic carbocycles. The second-order valence-corrected chi connectivity index (χ2v) is 10.2. The minimum Gasteiger partial charge on any atom is -0.470 e. The molecule has 1 aliphatic rings. The number of carbonyl (C=O) groups is 1. The van der Waals surface area contributed by atoms with Crippen LogP contribution in [0, 0.1) is 0 Å². The van der Waals surface area contributed by atoms with Gasteiger partial charge in [0, 0.05) is 51.2 Å². The van der Waals surface area contributed by atoms with Crippen molar-refractivity contribution in [3.8, 4) is 5.88 Å². The van der Waals surface area contributed by atoms with Gasteiger partial charge >= 0.3 is 18.4 Å². The number of hydrogen-bond acceptors (Lipinski definition) is 9. The lowest BCUT2D eigenvalue weighted by atomic mass is 10.1. The minimum absolute atomic E-state index is 0.00687. The number of rotatable bonds is 9. The van der Waals surface area contributed by atoms with Gasteiger partial charge in [-0.1, -0.05) is 0 Å². The Hall–Kier alpha value is -3.86. The number of nitrogens with one attached hydrogen (secondary N) is 2. The Morgan fingerprint density at radius 1 is 1.00 bits per heavy atom. The Morgan fingerprint density at radius 2 is 1.67 bits per heavy atom. The molecule has 0 radical (unpaired) electrons. The minimum atomic E-state index is -5.02. The first-order chi connectivity index (χ1) is 19.8. The Kier molecular flexibility index (Phi) is 9.60. The van der Waals surface area contributed by atoms with E-state index in [1.54, 1.807) is 6.20 Å². The summed E-state index contributed by atoms with van der Waals surface area (Å²) < 4.78 is 93.3. The molecule has 4 rings (SSSR count).